The Labute approximate surface area is 168 Å². The number of rotatable bonds is 7. The maximum Gasteiger partial charge on any atom is 0.261 e. The molecule has 3 rings (SSSR count). The summed E-state index contributed by atoms with van der Waals surface area (Å²) in [5, 5.41) is 2.75. The second kappa shape index (κ2) is 8.74. The van der Waals surface area contributed by atoms with Crippen LogP contribution in [-0.2, 0) is 10.0 Å². The molecular formula is C21H19FN2O4S. The Balaban J connectivity index is 1.67. The van der Waals surface area contributed by atoms with Crippen molar-refractivity contribution in [1.29, 1.82) is 0 Å². The fraction of sp³-hybridized carbons (Fsp3) is 0.0952. The Morgan fingerprint density at radius 2 is 1.62 bits per heavy atom. The average molecular weight is 414 g/mol. The van der Waals surface area contributed by atoms with Crippen LogP contribution in [0.15, 0.2) is 77.7 Å². The first-order valence-corrected chi connectivity index (χ1v) is 10.3. The summed E-state index contributed by atoms with van der Waals surface area (Å²) < 4.78 is 45.6. The van der Waals surface area contributed by atoms with Crippen molar-refractivity contribution in [3.05, 3.63) is 84.2 Å². The molecule has 0 saturated carbocycles. The first-order chi connectivity index (χ1) is 13.9. The van der Waals surface area contributed by atoms with E-state index in [2.05, 4.69) is 10.0 Å². The molecule has 0 aliphatic rings. The maximum absolute atomic E-state index is 13.3. The van der Waals surface area contributed by atoms with Gasteiger partial charge in [-0.3, -0.25) is 9.52 Å². The van der Waals surface area contributed by atoms with E-state index in [0.717, 1.165) is 12.1 Å². The Morgan fingerprint density at radius 1 is 0.966 bits per heavy atom. The number of carbonyl (C=O) groups excluding carboxylic acids is 1. The van der Waals surface area contributed by atoms with Crippen LogP contribution < -0.4 is 14.8 Å². The standard InChI is InChI=1S/C21H19FN2O4S/c1-2-28-19-12-10-17(11-13-19)23-21(25)15-6-8-18(9-7-15)24-29(26,27)20-5-3-4-16(22)14-20/h3-14,24H,2H2,1H3,(H,23,25). The van der Waals surface area contributed by atoms with Gasteiger partial charge in [0.25, 0.3) is 15.9 Å². The highest BCUT2D eigenvalue weighted by Gasteiger charge is 2.15. The van der Waals surface area contributed by atoms with E-state index < -0.39 is 15.8 Å². The Kier molecular flexibility index (Phi) is 6.13. The zero-order valence-corrected chi connectivity index (χ0v) is 16.4. The predicted molar refractivity (Wildman–Crippen MR) is 109 cm³/mol. The number of hydrogen-bond acceptors (Lipinski definition) is 4. The van der Waals surface area contributed by atoms with Crippen molar-refractivity contribution in [3.8, 4) is 5.75 Å². The van der Waals surface area contributed by atoms with E-state index in [0.29, 0.717) is 23.6 Å². The van der Waals surface area contributed by atoms with Crippen LogP contribution in [0.25, 0.3) is 0 Å². The maximum atomic E-state index is 13.3. The molecule has 0 aliphatic carbocycles. The third kappa shape index (κ3) is 5.32. The summed E-state index contributed by atoms with van der Waals surface area (Å²) in [5.41, 5.74) is 1.22. The highest BCUT2D eigenvalue weighted by Crippen LogP contribution is 2.19. The molecule has 3 aromatic carbocycles. The minimum absolute atomic E-state index is 0.185. The van der Waals surface area contributed by atoms with Gasteiger partial charge in [-0.25, -0.2) is 12.8 Å². The summed E-state index contributed by atoms with van der Waals surface area (Å²) in [4.78, 5) is 12.2. The fourth-order valence-electron chi connectivity index (χ4n) is 2.54. The van der Waals surface area contributed by atoms with Crippen LogP contribution in [0.2, 0.25) is 0 Å². The number of sulfonamides is 1. The molecule has 0 unspecified atom stereocenters. The molecule has 0 fully saturated rings. The second-order valence-electron chi connectivity index (χ2n) is 6.05. The van der Waals surface area contributed by atoms with Crippen LogP contribution in [0.5, 0.6) is 5.75 Å². The van der Waals surface area contributed by atoms with E-state index in [-0.39, 0.29) is 16.5 Å². The number of benzene rings is 3. The number of hydrogen-bond donors (Lipinski definition) is 2. The normalized spacial score (nSPS) is 11.0. The molecule has 8 heteroatoms. The van der Waals surface area contributed by atoms with Gasteiger partial charge in [-0.2, -0.15) is 0 Å². The van der Waals surface area contributed by atoms with Crippen molar-refractivity contribution < 1.29 is 22.3 Å². The van der Waals surface area contributed by atoms with E-state index in [9.17, 15) is 17.6 Å². The molecule has 0 radical (unpaired) electrons. The van der Waals surface area contributed by atoms with Gasteiger partial charge in [0.1, 0.15) is 11.6 Å². The second-order valence-corrected chi connectivity index (χ2v) is 7.73. The van der Waals surface area contributed by atoms with Gasteiger partial charge in [0.15, 0.2) is 0 Å². The van der Waals surface area contributed by atoms with Crippen LogP contribution in [0.1, 0.15) is 17.3 Å². The van der Waals surface area contributed by atoms with Gasteiger partial charge >= 0.3 is 0 Å². The topological polar surface area (TPSA) is 84.5 Å². The van der Waals surface area contributed by atoms with E-state index in [1.807, 2.05) is 6.92 Å². The minimum Gasteiger partial charge on any atom is -0.494 e. The summed E-state index contributed by atoms with van der Waals surface area (Å²) in [6.45, 7) is 2.44. The van der Waals surface area contributed by atoms with Gasteiger partial charge in [-0.1, -0.05) is 6.07 Å². The lowest BCUT2D eigenvalue weighted by Gasteiger charge is -2.10. The summed E-state index contributed by atoms with van der Waals surface area (Å²) in [5.74, 6) is -0.275. The van der Waals surface area contributed by atoms with Gasteiger partial charge in [0.05, 0.1) is 11.5 Å². The lowest BCUT2D eigenvalue weighted by atomic mass is 10.2. The molecule has 0 atom stereocenters. The van der Waals surface area contributed by atoms with E-state index >= 15 is 0 Å². The molecule has 1 amide bonds. The molecule has 150 valence electrons. The van der Waals surface area contributed by atoms with Crippen molar-refractivity contribution in [2.75, 3.05) is 16.6 Å². The SMILES string of the molecule is CCOc1ccc(NC(=O)c2ccc(NS(=O)(=O)c3cccc(F)c3)cc2)cc1. The van der Waals surface area contributed by atoms with Gasteiger partial charge in [-0.05, 0) is 73.7 Å². The summed E-state index contributed by atoms with van der Waals surface area (Å²) in [6, 6.07) is 17.6. The number of nitrogens with one attached hydrogen (secondary N) is 2. The number of ether oxygens (including phenoxy) is 1. The van der Waals surface area contributed by atoms with Crippen molar-refractivity contribution in [1.82, 2.24) is 0 Å². The van der Waals surface area contributed by atoms with Crippen molar-refractivity contribution in [3.63, 3.8) is 0 Å². The predicted octanol–water partition coefficient (Wildman–Crippen LogP) is 4.28. The molecule has 2 N–H and O–H groups in total. The minimum atomic E-state index is -3.93. The molecule has 0 heterocycles. The lowest BCUT2D eigenvalue weighted by molar-refractivity contribution is 0.102. The number of anilines is 2. The van der Waals surface area contributed by atoms with Gasteiger partial charge in [0.2, 0.25) is 0 Å². The molecule has 0 spiro atoms. The van der Waals surface area contributed by atoms with E-state index in [1.165, 1.54) is 36.4 Å². The number of halogens is 1. The van der Waals surface area contributed by atoms with Crippen LogP contribution >= 0.6 is 0 Å². The molecule has 0 aromatic heterocycles. The van der Waals surface area contributed by atoms with E-state index in [4.69, 9.17) is 4.74 Å². The summed E-state index contributed by atoms with van der Waals surface area (Å²) >= 11 is 0. The smallest absolute Gasteiger partial charge is 0.261 e. The van der Waals surface area contributed by atoms with Crippen LogP contribution in [0, 0.1) is 5.82 Å². The largest absolute Gasteiger partial charge is 0.494 e. The molecule has 0 bridgehead atoms. The highest BCUT2D eigenvalue weighted by molar-refractivity contribution is 7.92. The zero-order valence-electron chi connectivity index (χ0n) is 15.6. The Hall–Kier alpha value is -3.39. The lowest BCUT2D eigenvalue weighted by Crippen LogP contribution is -2.14. The summed E-state index contributed by atoms with van der Waals surface area (Å²) in [6.07, 6.45) is 0. The van der Waals surface area contributed by atoms with Crippen molar-refractivity contribution in [2.45, 2.75) is 11.8 Å². The van der Waals surface area contributed by atoms with Crippen LogP contribution in [0.4, 0.5) is 15.8 Å². The third-order valence-electron chi connectivity index (χ3n) is 3.93. The van der Waals surface area contributed by atoms with Crippen LogP contribution in [0.3, 0.4) is 0 Å². The number of carbonyl (C=O) groups is 1. The quantitative estimate of drug-likeness (QED) is 0.604. The molecule has 0 saturated heterocycles. The molecular weight excluding hydrogens is 395 g/mol. The van der Waals surface area contributed by atoms with Gasteiger partial charge in [-0.15, -0.1) is 0 Å². The fourth-order valence-corrected chi connectivity index (χ4v) is 3.63. The van der Waals surface area contributed by atoms with E-state index in [1.54, 1.807) is 24.3 Å². The number of amides is 1. The molecule has 29 heavy (non-hydrogen) atoms. The first kappa shape index (κ1) is 20.3. The van der Waals surface area contributed by atoms with Crippen LogP contribution in [-0.4, -0.2) is 20.9 Å². The molecule has 3 aromatic rings. The zero-order chi connectivity index (χ0) is 20.9. The Morgan fingerprint density at radius 3 is 2.24 bits per heavy atom. The average Bonchev–Trinajstić information content (AvgIpc) is 2.70. The first-order valence-electron chi connectivity index (χ1n) is 8.80. The van der Waals surface area contributed by atoms with Crippen molar-refractivity contribution >= 4 is 27.3 Å². The highest BCUT2D eigenvalue weighted by atomic mass is 32.2. The van der Waals surface area contributed by atoms with Crippen molar-refractivity contribution in [2.24, 2.45) is 0 Å². The summed E-state index contributed by atoms with van der Waals surface area (Å²) in [7, 11) is -3.93. The molecule has 6 nitrogen and oxygen atoms in total. The molecule has 0 aliphatic heterocycles. The monoisotopic (exact) mass is 414 g/mol. The third-order valence-corrected chi connectivity index (χ3v) is 5.31. The van der Waals surface area contributed by atoms with Gasteiger partial charge < -0.3 is 10.1 Å². The van der Waals surface area contributed by atoms with Gasteiger partial charge in [0, 0.05) is 16.9 Å². The Bertz CT molecular complexity index is 1100.